The Hall–Kier alpha value is -1.03. The monoisotopic (exact) mass is 185 g/mol. The summed E-state index contributed by atoms with van der Waals surface area (Å²) >= 11 is 1.67. The van der Waals surface area contributed by atoms with Gasteiger partial charge in [0.25, 0.3) is 0 Å². The van der Waals surface area contributed by atoms with Crippen LogP contribution in [0.1, 0.15) is 10.4 Å². The standard InChI is InChI=1S/C8H11NO2S/c1-6-3-5-12-7(6)2-4-9-8(10)11/h3,5,9H,2,4H2,1H3,(H,10,11). The maximum atomic E-state index is 10.1. The van der Waals surface area contributed by atoms with Gasteiger partial charge >= 0.3 is 6.09 Å². The number of carbonyl (C=O) groups is 1. The Labute approximate surface area is 75.0 Å². The quantitative estimate of drug-likeness (QED) is 0.755. The van der Waals surface area contributed by atoms with E-state index in [0.29, 0.717) is 6.54 Å². The highest BCUT2D eigenvalue weighted by Crippen LogP contribution is 2.15. The molecule has 3 nitrogen and oxygen atoms in total. The lowest BCUT2D eigenvalue weighted by atomic mass is 10.2. The Morgan fingerprint density at radius 3 is 3.00 bits per heavy atom. The fourth-order valence-corrected chi connectivity index (χ4v) is 1.85. The average molecular weight is 185 g/mol. The Balaban J connectivity index is 2.33. The molecule has 2 N–H and O–H groups in total. The van der Waals surface area contributed by atoms with Crippen molar-refractivity contribution in [3.8, 4) is 0 Å². The Kier molecular flexibility index (Phi) is 3.10. The van der Waals surface area contributed by atoms with Gasteiger partial charge in [-0.25, -0.2) is 4.79 Å². The van der Waals surface area contributed by atoms with Gasteiger partial charge in [0, 0.05) is 11.4 Å². The molecule has 0 atom stereocenters. The van der Waals surface area contributed by atoms with Crippen LogP contribution in [-0.2, 0) is 6.42 Å². The van der Waals surface area contributed by atoms with E-state index in [0.717, 1.165) is 6.42 Å². The maximum Gasteiger partial charge on any atom is 0.404 e. The number of carboxylic acid groups (broad SMARTS) is 1. The number of aryl methyl sites for hydroxylation is 1. The van der Waals surface area contributed by atoms with Crippen molar-refractivity contribution in [2.45, 2.75) is 13.3 Å². The van der Waals surface area contributed by atoms with E-state index in [1.54, 1.807) is 11.3 Å². The summed E-state index contributed by atoms with van der Waals surface area (Å²) in [5.41, 5.74) is 1.24. The number of amides is 1. The molecule has 1 aromatic rings. The first kappa shape index (κ1) is 9.06. The van der Waals surface area contributed by atoms with E-state index in [9.17, 15) is 4.79 Å². The van der Waals surface area contributed by atoms with E-state index in [-0.39, 0.29) is 0 Å². The van der Waals surface area contributed by atoms with Crippen LogP contribution in [0.2, 0.25) is 0 Å². The molecule has 1 rings (SSSR count). The molecule has 0 aliphatic rings. The first-order chi connectivity index (χ1) is 5.70. The van der Waals surface area contributed by atoms with E-state index in [2.05, 4.69) is 5.32 Å². The molecule has 0 bridgehead atoms. The first-order valence-corrected chi connectivity index (χ1v) is 4.58. The largest absolute Gasteiger partial charge is 0.465 e. The normalized spacial score (nSPS) is 9.75. The van der Waals surface area contributed by atoms with Gasteiger partial charge in [0.05, 0.1) is 0 Å². The van der Waals surface area contributed by atoms with Crippen molar-refractivity contribution in [3.05, 3.63) is 21.9 Å². The van der Waals surface area contributed by atoms with Crippen LogP contribution in [0.4, 0.5) is 4.79 Å². The molecule has 0 saturated carbocycles. The van der Waals surface area contributed by atoms with Crippen LogP contribution in [0.5, 0.6) is 0 Å². The third-order valence-corrected chi connectivity index (χ3v) is 2.68. The van der Waals surface area contributed by atoms with Crippen LogP contribution < -0.4 is 5.32 Å². The van der Waals surface area contributed by atoms with Gasteiger partial charge < -0.3 is 10.4 Å². The number of rotatable bonds is 3. The molecule has 0 unspecified atom stereocenters. The first-order valence-electron chi connectivity index (χ1n) is 3.70. The molecule has 12 heavy (non-hydrogen) atoms. The van der Waals surface area contributed by atoms with Crippen LogP contribution in [0.3, 0.4) is 0 Å². The van der Waals surface area contributed by atoms with Gasteiger partial charge in [0.15, 0.2) is 0 Å². The minimum Gasteiger partial charge on any atom is -0.465 e. The summed E-state index contributed by atoms with van der Waals surface area (Å²) in [7, 11) is 0. The lowest BCUT2D eigenvalue weighted by Crippen LogP contribution is -2.23. The molecule has 1 heterocycles. The number of nitrogens with one attached hydrogen (secondary N) is 1. The lowest BCUT2D eigenvalue weighted by molar-refractivity contribution is 0.194. The molecule has 4 heteroatoms. The zero-order valence-corrected chi connectivity index (χ0v) is 7.65. The van der Waals surface area contributed by atoms with Gasteiger partial charge in [0.1, 0.15) is 0 Å². The number of hydrogen-bond acceptors (Lipinski definition) is 2. The van der Waals surface area contributed by atoms with Crippen molar-refractivity contribution >= 4 is 17.4 Å². The molecule has 66 valence electrons. The summed E-state index contributed by atoms with van der Waals surface area (Å²) in [5.74, 6) is 0. The second kappa shape index (κ2) is 4.11. The predicted octanol–water partition coefficient (Wildman–Crippen LogP) is 1.87. The second-order valence-corrected chi connectivity index (χ2v) is 3.51. The van der Waals surface area contributed by atoms with Crippen LogP contribution in [-0.4, -0.2) is 17.7 Å². The Bertz CT molecular complexity index is 270. The summed E-state index contributed by atoms with van der Waals surface area (Å²) in [6.45, 7) is 2.53. The molecule has 0 spiro atoms. The fourth-order valence-electron chi connectivity index (χ4n) is 0.943. The summed E-state index contributed by atoms with van der Waals surface area (Å²) in [6, 6.07) is 2.04. The Morgan fingerprint density at radius 2 is 2.50 bits per heavy atom. The zero-order valence-electron chi connectivity index (χ0n) is 6.83. The summed E-state index contributed by atoms with van der Waals surface area (Å²) in [6.07, 6.45) is -0.167. The molecule has 1 amide bonds. The lowest BCUT2D eigenvalue weighted by Gasteiger charge is -1.99. The summed E-state index contributed by atoms with van der Waals surface area (Å²) in [5, 5.41) is 12.7. The molecule has 0 radical (unpaired) electrons. The minimum atomic E-state index is -0.954. The number of thiophene rings is 1. The van der Waals surface area contributed by atoms with Crippen LogP contribution in [0, 0.1) is 6.92 Å². The van der Waals surface area contributed by atoms with Gasteiger partial charge in [0.2, 0.25) is 0 Å². The van der Waals surface area contributed by atoms with Crippen molar-refractivity contribution in [1.82, 2.24) is 5.32 Å². The third-order valence-electron chi connectivity index (χ3n) is 1.60. The third kappa shape index (κ3) is 2.54. The van der Waals surface area contributed by atoms with Crippen molar-refractivity contribution in [1.29, 1.82) is 0 Å². The highest BCUT2D eigenvalue weighted by atomic mass is 32.1. The van der Waals surface area contributed by atoms with Gasteiger partial charge in [-0.15, -0.1) is 11.3 Å². The molecular weight excluding hydrogens is 174 g/mol. The van der Waals surface area contributed by atoms with E-state index < -0.39 is 6.09 Å². The van der Waals surface area contributed by atoms with Crippen molar-refractivity contribution < 1.29 is 9.90 Å². The molecule has 1 aromatic heterocycles. The second-order valence-electron chi connectivity index (χ2n) is 2.51. The van der Waals surface area contributed by atoms with Crippen molar-refractivity contribution in [2.24, 2.45) is 0 Å². The highest BCUT2D eigenvalue weighted by Gasteiger charge is 1.99. The fraction of sp³-hybridized carbons (Fsp3) is 0.375. The van der Waals surface area contributed by atoms with E-state index in [1.807, 2.05) is 18.4 Å². The molecule has 0 aromatic carbocycles. The summed E-state index contributed by atoms with van der Waals surface area (Å²) < 4.78 is 0. The topological polar surface area (TPSA) is 49.3 Å². The number of hydrogen-bond donors (Lipinski definition) is 2. The molecule has 0 saturated heterocycles. The van der Waals surface area contributed by atoms with Crippen molar-refractivity contribution in [3.63, 3.8) is 0 Å². The Morgan fingerprint density at radius 1 is 1.75 bits per heavy atom. The van der Waals surface area contributed by atoms with Crippen LogP contribution in [0.15, 0.2) is 11.4 Å². The van der Waals surface area contributed by atoms with Crippen molar-refractivity contribution in [2.75, 3.05) is 6.54 Å². The SMILES string of the molecule is Cc1ccsc1CCNC(=O)O. The van der Waals surface area contributed by atoms with Gasteiger partial charge in [-0.05, 0) is 30.4 Å². The van der Waals surface area contributed by atoms with E-state index in [4.69, 9.17) is 5.11 Å². The molecule has 0 aliphatic heterocycles. The van der Waals surface area contributed by atoms with E-state index >= 15 is 0 Å². The summed E-state index contributed by atoms with van der Waals surface area (Å²) in [4.78, 5) is 11.4. The smallest absolute Gasteiger partial charge is 0.404 e. The van der Waals surface area contributed by atoms with Crippen LogP contribution >= 0.6 is 11.3 Å². The van der Waals surface area contributed by atoms with Gasteiger partial charge in [-0.2, -0.15) is 0 Å². The van der Waals surface area contributed by atoms with Gasteiger partial charge in [-0.1, -0.05) is 0 Å². The minimum absolute atomic E-state index is 0.497. The molecule has 0 fully saturated rings. The maximum absolute atomic E-state index is 10.1. The highest BCUT2D eigenvalue weighted by molar-refractivity contribution is 7.10. The average Bonchev–Trinajstić information content (AvgIpc) is 2.36. The van der Waals surface area contributed by atoms with Gasteiger partial charge in [-0.3, -0.25) is 0 Å². The molecular formula is C8H11NO2S. The molecule has 0 aliphatic carbocycles. The van der Waals surface area contributed by atoms with E-state index in [1.165, 1.54) is 10.4 Å². The zero-order chi connectivity index (χ0) is 8.97. The van der Waals surface area contributed by atoms with Crippen LogP contribution in [0.25, 0.3) is 0 Å². The predicted molar refractivity (Wildman–Crippen MR) is 48.8 cm³/mol.